The Kier molecular flexibility index (Phi) is 3.46. The molecule has 0 aromatic rings. The van der Waals surface area contributed by atoms with E-state index in [-0.39, 0.29) is 18.1 Å². The molecule has 1 saturated carbocycles. The first-order valence-corrected chi connectivity index (χ1v) is 6.11. The van der Waals surface area contributed by atoms with Crippen molar-refractivity contribution in [2.45, 2.75) is 44.6 Å². The van der Waals surface area contributed by atoms with Crippen molar-refractivity contribution >= 4 is 11.9 Å². The van der Waals surface area contributed by atoms with Crippen LogP contribution in [0.4, 0.5) is 4.79 Å². The Morgan fingerprint density at radius 3 is 2.81 bits per heavy atom. The highest BCUT2D eigenvalue weighted by Gasteiger charge is 2.39. The van der Waals surface area contributed by atoms with Gasteiger partial charge in [0.2, 0.25) is 0 Å². The molecule has 1 heterocycles. The Hall–Kier alpha value is -1.06. The van der Waals surface area contributed by atoms with E-state index >= 15 is 0 Å². The van der Waals surface area contributed by atoms with E-state index in [0.29, 0.717) is 12.2 Å². The number of carbonyl (C=O) groups is 2. The van der Waals surface area contributed by atoms with E-state index in [1.807, 2.05) is 0 Å². The van der Waals surface area contributed by atoms with Gasteiger partial charge >= 0.3 is 6.09 Å². The molecule has 16 heavy (non-hydrogen) atoms. The van der Waals surface area contributed by atoms with Gasteiger partial charge in [0, 0.05) is 24.9 Å². The molecule has 2 aliphatic rings. The van der Waals surface area contributed by atoms with Crippen molar-refractivity contribution in [1.82, 2.24) is 4.90 Å². The second-order valence-corrected chi connectivity index (χ2v) is 4.69. The van der Waals surface area contributed by atoms with E-state index in [1.54, 1.807) is 4.90 Å². The van der Waals surface area contributed by atoms with Crippen molar-refractivity contribution in [1.29, 1.82) is 0 Å². The molecule has 4 heteroatoms. The van der Waals surface area contributed by atoms with Crippen molar-refractivity contribution < 1.29 is 14.3 Å². The average Bonchev–Trinajstić information content (AvgIpc) is 2.77. The van der Waals surface area contributed by atoms with Gasteiger partial charge in [-0.05, 0) is 25.7 Å². The normalized spacial score (nSPS) is 30.6. The lowest BCUT2D eigenvalue weighted by Gasteiger charge is -2.32. The summed E-state index contributed by atoms with van der Waals surface area (Å²) in [5.41, 5.74) is 0. The minimum absolute atomic E-state index is 0.0651. The van der Waals surface area contributed by atoms with E-state index in [9.17, 15) is 9.59 Å². The van der Waals surface area contributed by atoms with Crippen LogP contribution in [-0.2, 0) is 9.53 Å². The van der Waals surface area contributed by atoms with Gasteiger partial charge in [0.25, 0.3) is 0 Å². The van der Waals surface area contributed by atoms with E-state index in [4.69, 9.17) is 4.74 Å². The van der Waals surface area contributed by atoms with E-state index < -0.39 is 0 Å². The predicted molar refractivity (Wildman–Crippen MR) is 59.1 cm³/mol. The molecule has 0 N–H and O–H groups in total. The Morgan fingerprint density at radius 1 is 1.31 bits per heavy atom. The van der Waals surface area contributed by atoms with Crippen molar-refractivity contribution in [2.24, 2.45) is 5.92 Å². The summed E-state index contributed by atoms with van der Waals surface area (Å²) in [6.07, 6.45) is 5.42. The zero-order valence-corrected chi connectivity index (χ0v) is 9.78. The van der Waals surface area contributed by atoms with Crippen LogP contribution in [0.2, 0.25) is 0 Å². The fraction of sp³-hybridized carbons (Fsp3) is 0.833. The van der Waals surface area contributed by atoms with Gasteiger partial charge in [0.15, 0.2) is 0 Å². The number of hydrogen-bond acceptors (Lipinski definition) is 3. The first kappa shape index (κ1) is 11.4. The van der Waals surface area contributed by atoms with Gasteiger partial charge in [-0.25, -0.2) is 4.79 Å². The van der Waals surface area contributed by atoms with Crippen LogP contribution in [0.1, 0.15) is 38.5 Å². The van der Waals surface area contributed by atoms with E-state index in [1.165, 1.54) is 7.11 Å². The maximum atomic E-state index is 11.9. The number of amides is 1. The largest absolute Gasteiger partial charge is 0.453 e. The fourth-order valence-corrected chi connectivity index (χ4v) is 2.97. The van der Waals surface area contributed by atoms with Crippen molar-refractivity contribution in [2.75, 3.05) is 13.7 Å². The molecule has 90 valence electrons. The molecule has 2 fully saturated rings. The van der Waals surface area contributed by atoms with E-state index in [0.717, 1.165) is 38.6 Å². The van der Waals surface area contributed by atoms with Crippen LogP contribution in [0.15, 0.2) is 0 Å². The Balaban J connectivity index is 2.06. The predicted octanol–water partition coefficient (Wildman–Crippen LogP) is 1.98. The number of ketones is 1. The number of hydrogen-bond donors (Lipinski definition) is 0. The summed E-state index contributed by atoms with van der Waals surface area (Å²) in [4.78, 5) is 25.2. The number of likely N-dealkylation sites (tertiary alicyclic amines) is 1. The highest BCUT2D eigenvalue weighted by atomic mass is 16.5. The van der Waals surface area contributed by atoms with Gasteiger partial charge in [-0.3, -0.25) is 4.79 Å². The summed E-state index contributed by atoms with van der Waals surface area (Å²) in [6.45, 7) is 0.737. The minimum Gasteiger partial charge on any atom is -0.453 e. The molecule has 1 aliphatic carbocycles. The van der Waals surface area contributed by atoms with Crippen LogP contribution in [-0.4, -0.2) is 36.5 Å². The summed E-state index contributed by atoms with van der Waals surface area (Å²) < 4.78 is 4.77. The van der Waals surface area contributed by atoms with Crippen LogP contribution in [0, 0.1) is 5.92 Å². The number of nitrogens with zero attached hydrogens (tertiary/aromatic N) is 1. The van der Waals surface area contributed by atoms with Crippen LogP contribution in [0.25, 0.3) is 0 Å². The summed E-state index contributed by atoms with van der Waals surface area (Å²) >= 11 is 0. The molecule has 0 radical (unpaired) electrons. The third-order valence-electron chi connectivity index (χ3n) is 3.77. The lowest BCUT2D eigenvalue weighted by Crippen LogP contribution is -2.43. The van der Waals surface area contributed by atoms with Crippen molar-refractivity contribution in [3.05, 3.63) is 0 Å². The fourth-order valence-electron chi connectivity index (χ4n) is 2.97. The molecule has 0 aromatic heterocycles. The van der Waals surface area contributed by atoms with Crippen LogP contribution in [0.3, 0.4) is 0 Å². The first-order chi connectivity index (χ1) is 7.74. The van der Waals surface area contributed by atoms with Crippen LogP contribution < -0.4 is 0 Å². The van der Waals surface area contributed by atoms with Crippen molar-refractivity contribution in [3.63, 3.8) is 0 Å². The molecule has 1 amide bonds. The zero-order valence-electron chi connectivity index (χ0n) is 9.78. The third kappa shape index (κ3) is 2.06. The average molecular weight is 225 g/mol. The quantitative estimate of drug-likeness (QED) is 0.685. The molecule has 1 aliphatic heterocycles. The van der Waals surface area contributed by atoms with Crippen LogP contribution in [0.5, 0.6) is 0 Å². The molecule has 1 saturated heterocycles. The SMILES string of the molecule is COC(=O)N1CCCC1C1CCCCC1=O. The third-order valence-corrected chi connectivity index (χ3v) is 3.77. The molecule has 2 unspecified atom stereocenters. The summed E-state index contributed by atoms with van der Waals surface area (Å²) in [5, 5.41) is 0. The number of carbonyl (C=O) groups excluding carboxylic acids is 2. The number of methoxy groups -OCH3 is 1. The van der Waals surface area contributed by atoms with Gasteiger partial charge in [-0.2, -0.15) is 0 Å². The number of ether oxygens (including phenoxy) is 1. The summed E-state index contributed by atoms with van der Waals surface area (Å²) in [7, 11) is 1.40. The lowest BCUT2D eigenvalue weighted by molar-refractivity contribution is -0.126. The maximum absolute atomic E-state index is 11.9. The molecular formula is C12H19NO3. The number of rotatable bonds is 1. The standard InChI is InChI=1S/C12H19NO3/c1-16-12(15)13-8-4-6-10(13)9-5-2-3-7-11(9)14/h9-10H,2-8H2,1H3. The molecular weight excluding hydrogens is 206 g/mol. The molecule has 0 aromatic carbocycles. The van der Waals surface area contributed by atoms with E-state index in [2.05, 4.69) is 0 Å². The summed E-state index contributed by atoms with van der Waals surface area (Å²) in [5.74, 6) is 0.405. The smallest absolute Gasteiger partial charge is 0.409 e. The maximum Gasteiger partial charge on any atom is 0.409 e. The first-order valence-electron chi connectivity index (χ1n) is 6.11. The summed E-state index contributed by atoms with van der Waals surface area (Å²) in [6, 6.07) is 0.0975. The second-order valence-electron chi connectivity index (χ2n) is 4.69. The lowest BCUT2D eigenvalue weighted by atomic mass is 9.82. The van der Waals surface area contributed by atoms with Gasteiger partial charge in [-0.15, -0.1) is 0 Å². The highest BCUT2D eigenvalue weighted by molar-refractivity contribution is 5.83. The van der Waals surface area contributed by atoms with Crippen LogP contribution >= 0.6 is 0 Å². The van der Waals surface area contributed by atoms with Gasteiger partial charge in [-0.1, -0.05) is 6.42 Å². The Bertz CT molecular complexity index is 290. The zero-order chi connectivity index (χ0) is 11.5. The topological polar surface area (TPSA) is 46.6 Å². The van der Waals surface area contributed by atoms with Gasteiger partial charge in [0.05, 0.1) is 7.11 Å². The Morgan fingerprint density at radius 2 is 2.12 bits per heavy atom. The molecule has 0 bridgehead atoms. The van der Waals surface area contributed by atoms with Gasteiger partial charge < -0.3 is 9.64 Å². The monoisotopic (exact) mass is 225 g/mol. The molecule has 4 nitrogen and oxygen atoms in total. The van der Waals surface area contributed by atoms with Gasteiger partial charge in [0.1, 0.15) is 5.78 Å². The molecule has 0 spiro atoms. The highest BCUT2D eigenvalue weighted by Crippen LogP contribution is 2.32. The number of Topliss-reactive ketones (excluding diaryl/α,β-unsaturated/α-hetero) is 1. The van der Waals surface area contributed by atoms with Crippen molar-refractivity contribution in [3.8, 4) is 0 Å². The second kappa shape index (κ2) is 4.85. The molecule has 2 atom stereocenters. The minimum atomic E-state index is -0.277. The Labute approximate surface area is 95.9 Å². The molecule has 2 rings (SSSR count).